The molecule has 0 bridgehead atoms. The second-order valence-corrected chi connectivity index (χ2v) is 3.37. The van der Waals surface area contributed by atoms with Crippen LogP contribution >= 0.6 is 0 Å². The molecule has 66 valence electrons. The van der Waals surface area contributed by atoms with E-state index in [9.17, 15) is 0 Å². The lowest BCUT2D eigenvalue weighted by Crippen LogP contribution is -2.31. The third-order valence-corrected chi connectivity index (χ3v) is 2.37. The molecule has 2 heteroatoms. The molecule has 0 heterocycles. The first kappa shape index (κ1) is 9.01. The van der Waals surface area contributed by atoms with E-state index >= 15 is 0 Å². The number of aliphatic hydroxyl groups excluding tert-OH is 1. The van der Waals surface area contributed by atoms with Crippen molar-refractivity contribution in [1.82, 2.24) is 5.32 Å². The van der Waals surface area contributed by atoms with Crippen LogP contribution in [0.5, 0.6) is 0 Å². The zero-order valence-corrected chi connectivity index (χ0v) is 7.18. The van der Waals surface area contributed by atoms with E-state index in [1.807, 2.05) is 0 Å². The highest BCUT2D eigenvalue weighted by atomic mass is 16.3. The van der Waals surface area contributed by atoms with Crippen LogP contribution in [0.25, 0.3) is 0 Å². The summed E-state index contributed by atoms with van der Waals surface area (Å²) in [6.07, 6.45) is 7.76. The van der Waals surface area contributed by atoms with Gasteiger partial charge in [-0.3, -0.25) is 0 Å². The van der Waals surface area contributed by atoms with Gasteiger partial charge in [-0.2, -0.15) is 0 Å². The van der Waals surface area contributed by atoms with Crippen LogP contribution in [-0.4, -0.2) is 24.3 Å². The van der Waals surface area contributed by atoms with Gasteiger partial charge in [0.05, 0.1) is 0 Å². The van der Waals surface area contributed by atoms with Crippen LogP contribution in [0.3, 0.4) is 0 Å². The Hall–Kier alpha value is -0.0800. The molecular formula is C9H19NO. The van der Waals surface area contributed by atoms with Crippen molar-refractivity contribution in [3.05, 3.63) is 0 Å². The molecule has 1 aliphatic carbocycles. The molecule has 0 aliphatic heterocycles. The van der Waals surface area contributed by atoms with Gasteiger partial charge in [-0.15, -0.1) is 0 Å². The van der Waals surface area contributed by atoms with E-state index in [0.717, 1.165) is 19.0 Å². The highest BCUT2D eigenvalue weighted by molar-refractivity contribution is 4.71. The minimum absolute atomic E-state index is 0.319. The molecular weight excluding hydrogens is 138 g/mol. The van der Waals surface area contributed by atoms with Crippen molar-refractivity contribution < 1.29 is 5.11 Å². The molecule has 0 spiro atoms. The molecule has 1 rings (SSSR count). The van der Waals surface area contributed by atoms with E-state index in [0.29, 0.717) is 6.61 Å². The van der Waals surface area contributed by atoms with Gasteiger partial charge in [-0.05, 0) is 25.8 Å². The molecule has 0 atom stereocenters. The molecule has 11 heavy (non-hydrogen) atoms. The number of nitrogens with one attached hydrogen (secondary N) is 1. The topological polar surface area (TPSA) is 32.3 Å². The number of hydrogen-bond donors (Lipinski definition) is 2. The Labute approximate surface area is 69.0 Å². The molecule has 2 N–H and O–H groups in total. The van der Waals surface area contributed by atoms with E-state index < -0.39 is 0 Å². The Morgan fingerprint density at radius 2 is 1.91 bits per heavy atom. The van der Waals surface area contributed by atoms with Gasteiger partial charge in [0.15, 0.2) is 0 Å². The van der Waals surface area contributed by atoms with Gasteiger partial charge in [0, 0.05) is 12.6 Å². The number of hydrogen-bond acceptors (Lipinski definition) is 2. The summed E-state index contributed by atoms with van der Waals surface area (Å²) in [5.74, 6) is 0. The fraction of sp³-hybridized carbons (Fsp3) is 1.00. The number of rotatable bonds is 4. The summed E-state index contributed by atoms with van der Waals surface area (Å²) in [5.41, 5.74) is 0. The zero-order valence-electron chi connectivity index (χ0n) is 7.18. The first-order valence-corrected chi connectivity index (χ1v) is 4.77. The van der Waals surface area contributed by atoms with Gasteiger partial charge in [0.25, 0.3) is 0 Å². The van der Waals surface area contributed by atoms with Crippen molar-refractivity contribution in [2.45, 2.75) is 44.6 Å². The molecule has 2 nitrogen and oxygen atoms in total. The minimum atomic E-state index is 0.319. The van der Waals surface area contributed by atoms with Crippen LogP contribution in [0, 0.1) is 0 Å². The molecule has 0 amide bonds. The van der Waals surface area contributed by atoms with Crippen molar-refractivity contribution in [3.63, 3.8) is 0 Å². The van der Waals surface area contributed by atoms with E-state index in [2.05, 4.69) is 5.32 Å². The Morgan fingerprint density at radius 3 is 2.55 bits per heavy atom. The first-order valence-electron chi connectivity index (χ1n) is 4.77. The zero-order chi connectivity index (χ0) is 7.94. The van der Waals surface area contributed by atoms with Crippen molar-refractivity contribution >= 4 is 0 Å². The van der Waals surface area contributed by atoms with Crippen molar-refractivity contribution in [2.24, 2.45) is 0 Å². The normalized spacial score (nSPS) is 20.5. The highest BCUT2D eigenvalue weighted by Gasteiger charge is 2.11. The van der Waals surface area contributed by atoms with Crippen molar-refractivity contribution in [3.8, 4) is 0 Å². The smallest absolute Gasteiger partial charge is 0.0443 e. The van der Waals surface area contributed by atoms with Crippen LogP contribution in [0.15, 0.2) is 0 Å². The predicted octanol–water partition coefficient (Wildman–Crippen LogP) is 1.29. The van der Waals surface area contributed by atoms with Crippen LogP contribution < -0.4 is 5.32 Å². The SMILES string of the molecule is OCCCNC1CCCCC1. The number of aliphatic hydroxyl groups is 1. The summed E-state index contributed by atoms with van der Waals surface area (Å²) >= 11 is 0. The second-order valence-electron chi connectivity index (χ2n) is 3.37. The van der Waals surface area contributed by atoms with Crippen LogP contribution in [0.4, 0.5) is 0 Å². The first-order chi connectivity index (χ1) is 5.43. The largest absolute Gasteiger partial charge is 0.396 e. The van der Waals surface area contributed by atoms with Gasteiger partial charge < -0.3 is 10.4 Å². The fourth-order valence-corrected chi connectivity index (χ4v) is 1.69. The van der Waals surface area contributed by atoms with Gasteiger partial charge >= 0.3 is 0 Å². The van der Waals surface area contributed by atoms with Gasteiger partial charge in [0.2, 0.25) is 0 Å². The third-order valence-electron chi connectivity index (χ3n) is 2.37. The lowest BCUT2D eigenvalue weighted by Gasteiger charge is -2.22. The standard InChI is InChI=1S/C9H19NO/c11-8-4-7-10-9-5-2-1-3-6-9/h9-11H,1-8H2. The van der Waals surface area contributed by atoms with Crippen molar-refractivity contribution in [1.29, 1.82) is 0 Å². The molecule has 1 saturated carbocycles. The Balaban J connectivity index is 1.96. The van der Waals surface area contributed by atoms with Crippen LogP contribution in [0.1, 0.15) is 38.5 Å². The Kier molecular flexibility index (Phi) is 4.55. The maximum absolute atomic E-state index is 8.56. The quantitative estimate of drug-likeness (QED) is 0.603. The summed E-state index contributed by atoms with van der Waals surface area (Å²) in [7, 11) is 0. The van der Waals surface area contributed by atoms with E-state index in [1.165, 1.54) is 32.1 Å². The van der Waals surface area contributed by atoms with Gasteiger partial charge in [-0.25, -0.2) is 0 Å². The van der Waals surface area contributed by atoms with Gasteiger partial charge in [0.1, 0.15) is 0 Å². The van der Waals surface area contributed by atoms with Gasteiger partial charge in [-0.1, -0.05) is 19.3 Å². The maximum atomic E-state index is 8.56. The van der Waals surface area contributed by atoms with E-state index in [1.54, 1.807) is 0 Å². The highest BCUT2D eigenvalue weighted by Crippen LogP contribution is 2.16. The predicted molar refractivity (Wildman–Crippen MR) is 46.6 cm³/mol. The fourth-order valence-electron chi connectivity index (χ4n) is 1.69. The molecule has 0 aromatic carbocycles. The molecule has 0 aromatic heterocycles. The summed E-state index contributed by atoms with van der Waals surface area (Å²) in [4.78, 5) is 0. The molecule has 0 radical (unpaired) electrons. The van der Waals surface area contributed by atoms with Crippen LogP contribution in [0.2, 0.25) is 0 Å². The summed E-state index contributed by atoms with van der Waals surface area (Å²) in [6, 6.07) is 0.746. The average molecular weight is 157 g/mol. The molecule has 0 unspecified atom stereocenters. The minimum Gasteiger partial charge on any atom is -0.396 e. The van der Waals surface area contributed by atoms with Crippen molar-refractivity contribution in [2.75, 3.05) is 13.2 Å². The van der Waals surface area contributed by atoms with E-state index in [-0.39, 0.29) is 0 Å². The molecule has 0 aromatic rings. The molecule has 1 fully saturated rings. The maximum Gasteiger partial charge on any atom is 0.0443 e. The summed E-state index contributed by atoms with van der Waals surface area (Å²) in [5, 5.41) is 12.0. The van der Waals surface area contributed by atoms with Crippen LogP contribution in [-0.2, 0) is 0 Å². The average Bonchev–Trinajstić information content (AvgIpc) is 2.07. The summed E-state index contributed by atoms with van der Waals surface area (Å²) in [6.45, 7) is 1.31. The lowest BCUT2D eigenvalue weighted by atomic mass is 9.95. The second kappa shape index (κ2) is 5.56. The van der Waals surface area contributed by atoms with E-state index in [4.69, 9.17) is 5.11 Å². The Bertz CT molecular complexity index is 89.6. The molecule has 0 saturated heterocycles. The Morgan fingerprint density at radius 1 is 1.18 bits per heavy atom. The third kappa shape index (κ3) is 3.73. The summed E-state index contributed by atoms with van der Waals surface area (Å²) < 4.78 is 0. The monoisotopic (exact) mass is 157 g/mol. The lowest BCUT2D eigenvalue weighted by molar-refractivity contribution is 0.277. The molecule has 1 aliphatic rings.